The molecule has 12 heteroatoms. The maximum atomic E-state index is 13.2. The topological polar surface area (TPSA) is 102 Å². The highest BCUT2D eigenvalue weighted by Crippen LogP contribution is 2.32. The lowest BCUT2D eigenvalue weighted by Crippen LogP contribution is -2.46. The second kappa shape index (κ2) is 11.6. The van der Waals surface area contributed by atoms with Gasteiger partial charge in [0, 0.05) is 50.1 Å². The number of amides is 1. The zero-order valence-electron chi connectivity index (χ0n) is 20.7. The monoisotopic (exact) mass is 530 g/mol. The molecule has 2 aliphatic rings. The Hall–Kier alpha value is -3.35. The summed E-state index contributed by atoms with van der Waals surface area (Å²) in [5.74, 6) is -0.142. The van der Waals surface area contributed by atoms with Gasteiger partial charge in [-0.1, -0.05) is 0 Å². The SMILES string of the molecule is O=C(CNc1ncnc2ccc(C(F)(F)F)cc12)NC1CN(C2CCOCC2)C[C@@H]1OCc1ccncc1. The molecule has 0 radical (unpaired) electrons. The molecule has 3 aromatic rings. The molecule has 2 fully saturated rings. The molecule has 2 saturated heterocycles. The van der Waals surface area contributed by atoms with Gasteiger partial charge in [-0.3, -0.25) is 14.7 Å². The number of halogens is 3. The molecule has 38 heavy (non-hydrogen) atoms. The van der Waals surface area contributed by atoms with Crippen LogP contribution in [0.4, 0.5) is 19.0 Å². The number of carbonyl (C=O) groups excluding carboxylic acids is 1. The van der Waals surface area contributed by atoms with Crippen LogP contribution in [0.5, 0.6) is 0 Å². The Kier molecular flexibility index (Phi) is 8.01. The number of aromatic nitrogens is 3. The summed E-state index contributed by atoms with van der Waals surface area (Å²) in [6.07, 6.45) is 1.82. The van der Waals surface area contributed by atoms with Gasteiger partial charge in [-0.05, 0) is 48.7 Å². The van der Waals surface area contributed by atoms with Gasteiger partial charge in [-0.2, -0.15) is 13.2 Å². The number of hydrogen-bond donors (Lipinski definition) is 2. The fourth-order valence-electron chi connectivity index (χ4n) is 4.94. The molecule has 2 N–H and O–H groups in total. The molecule has 2 aliphatic heterocycles. The molecule has 1 amide bonds. The van der Waals surface area contributed by atoms with Crippen LogP contribution in [0.25, 0.3) is 10.9 Å². The smallest absolute Gasteiger partial charge is 0.381 e. The second-order valence-electron chi connectivity index (χ2n) is 9.48. The average molecular weight is 531 g/mol. The molecule has 0 aliphatic carbocycles. The molecule has 1 unspecified atom stereocenters. The van der Waals surface area contributed by atoms with Crippen molar-refractivity contribution in [3.05, 3.63) is 60.2 Å². The summed E-state index contributed by atoms with van der Waals surface area (Å²) >= 11 is 0. The summed E-state index contributed by atoms with van der Waals surface area (Å²) in [5.41, 5.74) is 0.536. The van der Waals surface area contributed by atoms with E-state index in [1.807, 2.05) is 12.1 Å². The lowest BCUT2D eigenvalue weighted by molar-refractivity contribution is -0.137. The van der Waals surface area contributed by atoms with Gasteiger partial charge in [0.15, 0.2) is 0 Å². The Labute approximate surface area is 217 Å². The molecule has 5 rings (SSSR count). The predicted octanol–water partition coefficient (Wildman–Crippen LogP) is 3.02. The largest absolute Gasteiger partial charge is 0.416 e. The van der Waals surface area contributed by atoms with E-state index in [9.17, 15) is 18.0 Å². The number of benzene rings is 1. The number of ether oxygens (including phenoxy) is 2. The fraction of sp³-hybridized carbons (Fsp3) is 0.462. The summed E-state index contributed by atoms with van der Waals surface area (Å²) in [6, 6.07) is 7.15. The van der Waals surface area contributed by atoms with Crippen LogP contribution in [-0.4, -0.2) is 76.8 Å². The Balaban J connectivity index is 1.24. The van der Waals surface area contributed by atoms with Crippen LogP contribution in [0, 0.1) is 0 Å². The normalized spacial score (nSPS) is 21.0. The molecular weight excluding hydrogens is 501 g/mol. The van der Waals surface area contributed by atoms with Crippen LogP contribution in [-0.2, 0) is 27.1 Å². The number of likely N-dealkylation sites (tertiary alicyclic amines) is 1. The third-order valence-corrected chi connectivity index (χ3v) is 6.94. The van der Waals surface area contributed by atoms with E-state index in [0.717, 1.165) is 30.5 Å². The first-order chi connectivity index (χ1) is 18.4. The maximum absolute atomic E-state index is 13.2. The number of anilines is 1. The Morgan fingerprint density at radius 3 is 2.66 bits per heavy atom. The van der Waals surface area contributed by atoms with Crippen molar-refractivity contribution in [2.24, 2.45) is 0 Å². The van der Waals surface area contributed by atoms with Gasteiger partial charge in [0.2, 0.25) is 5.91 Å². The maximum Gasteiger partial charge on any atom is 0.416 e. The quantitative estimate of drug-likeness (QED) is 0.459. The van der Waals surface area contributed by atoms with E-state index in [2.05, 4.69) is 30.5 Å². The first kappa shape index (κ1) is 26.3. The molecular formula is C26H29F3N6O3. The zero-order chi connectivity index (χ0) is 26.5. The van der Waals surface area contributed by atoms with Gasteiger partial charge < -0.3 is 20.1 Å². The lowest BCUT2D eigenvalue weighted by atomic mass is 10.1. The van der Waals surface area contributed by atoms with Crippen molar-refractivity contribution >= 4 is 22.6 Å². The highest BCUT2D eigenvalue weighted by molar-refractivity contribution is 5.91. The third kappa shape index (κ3) is 6.37. The van der Waals surface area contributed by atoms with Crippen LogP contribution in [0.1, 0.15) is 24.0 Å². The predicted molar refractivity (Wildman–Crippen MR) is 133 cm³/mol. The fourth-order valence-corrected chi connectivity index (χ4v) is 4.94. The number of hydrogen-bond acceptors (Lipinski definition) is 8. The average Bonchev–Trinajstić information content (AvgIpc) is 3.33. The first-order valence-corrected chi connectivity index (χ1v) is 12.5. The highest BCUT2D eigenvalue weighted by Gasteiger charge is 2.38. The van der Waals surface area contributed by atoms with Crippen LogP contribution >= 0.6 is 0 Å². The van der Waals surface area contributed by atoms with Crippen molar-refractivity contribution in [3.63, 3.8) is 0 Å². The molecule has 9 nitrogen and oxygen atoms in total. The minimum absolute atomic E-state index is 0.160. The first-order valence-electron chi connectivity index (χ1n) is 12.5. The van der Waals surface area contributed by atoms with E-state index >= 15 is 0 Å². The van der Waals surface area contributed by atoms with E-state index in [1.54, 1.807) is 12.4 Å². The Morgan fingerprint density at radius 2 is 1.89 bits per heavy atom. The molecule has 0 bridgehead atoms. The number of rotatable bonds is 8. The van der Waals surface area contributed by atoms with Crippen molar-refractivity contribution in [2.45, 2.75) is 43.8 Å². The van der Waals surface area contributed by atoms with Crippen molar-refractivity contribution in [3.8, 4) is 0 Å². The van der Waals surface area contributed by atoms with E-state index in [1.165, 1.54) is 12.4 Å². The highest BCUT2D eigenvalue weighted by atomic mass is 19.4. The number of alkyl halides is 3. The van der Waals surface area contributed by atoms with Crippen molar-refractivity contribution in [1.82, 2.24) is 25.2 Å². The minimum Gasteiger partial charge on any atom is -0.381 e. The van der Waals surface area contributed by atoms with E-state index in [0.29, 0.717) is 44.5 Å². The second-order valence-corrected chi connectivity index (χ2v) is 9.48. The molecule has 4 heterocycles. The molecule has 0 spiro atoms. The third-order valence-electron chi connectivity index (χ3n) is 6.94. The van der Waals surface area contributed by atoms with Gasteiger partial charge in [-0.15, -0.1) is 0 Å². The van der Waals surface area contributed by atoms with E-state index in [4.69, 9.17) is 9.47 Å². The zero-order valence-corrected chi connectivity index (χ0v) is 20.7. The molecule has 202 valence electrons. The Bertz CT molecular complexity index is 1240. The Morgan fingerprint density at radius 1 is 1.11 bits per heavy atom. The molecule has 0 saturated carbocycles. The van der Waals surface area contributed by atoms with Crippen LogP contribution < -0.4 is 10.6 Å². The van der Waals surface area contributed by atoms with Crippen LogP contribution in [0.2, 0.25) is 0 Å². The van der Waals surface area contributed by atoms with E-state index < -0.39 is 11.7 Å². The minimum atomic E-state index is -4.50. The summed E-state index contributed by atoms with van der Waals surface area (Å²) in [7, 11) is 0. The molecule has 2 aromatic heterocycles. The number of fused-ring (bicyclic) bond motifs is 1. The molecule has 1 aromatic carbocycles. The summed E-state index contributed by atoms with van der Waals surface area (Å²) in [5, 5.41) is 6.13. The van der Waals surface area contributed by atoms with Crippen molar-refractivity contribution in [2.75, 3.05) is 38.2 Å². The van der Waals surface area contributed by atoms with Gasteiger partial charge in [0.25, 0.3) is 0 Å². The summed E-state index contributed by atoms with van der Waals surface area (Å²) < 4.78 is 51.4. The van der Waals surface area contributed by atoms with Gasteiger partial charge >= 0.3 is 6.18 Å². The number of nitrogens with one attached hydrogen (secondary N) is 2. The van der Waals surface area contributed by atoms with Gasteiger partial charge in [0.1, 0.15) is 12.1 Å². The molecule has 2 atom stereocenters. The number of nitrogens with zero attached hydrogens (tertiary/aromatic N) is 4. The summed E-state index contributed by atoms with van der Waals surface area (Å²) in [6.45, 7) is 3.00. The van der Waals surface area contributed by atoms with Gasteiger partial charge in [0.05, 0.1) is 36.4 Å². The van der Waals surface area contributed by atoms with Gasteiger partial charge in [-0.25, -0.2) is 9.97 Å². The van der Waals surface area contributed by atoms with Crippen molar-refractivity contribution in [1.29, 1.82) is 0 Å². The van der Waals surface area contributed by atoms with E-state index in [-0.39, 0.29) is 35.8 Å². The lowest BCUT2D eigenvalue weighted by Gasteiger charge is -2.30. The number of carbonyl (C=O) groups is 1. The summed E-state index contributed by atoms with van der Waals surface area (Å²) in [4.78, 5) is 27.4. The standard InChI is InChI=1S/C26H29F3N6O3/c27-26(28,29)18-1-2-21-20(11-18)25(33-16-32-21)31-12-24(36)34-22-13-35(19-5-9-37-10-6-19)14-23(22)38-15-17-3-7-30-8-4-17/h1-4,7-8,11,16,19,22-23H,5-6,9-10,12-15H2,(H,34,36)(H,31,32,33)/t22?,23-/m0/s1. The van der Waals surface area contributed by atoms with Crippen LogP contribution in [0.3, 0.4) is 0 Å². The van der Waals surface area contributed by atoms with Crippen molar-refractivity contribution < 1.29 is 27.4 Å². The van der Waals surface area contributed by atoms with Crippen LogP contribution in [0.15, 0.2) is 49.1 Å². The number of pyridine rings is 1.